The highest BCUT2D eigenvalue weighted by Crippen LogP contribution is 2.37. The Balaban J connectivity index is 2.70. The summed E-state index contributed by atoms with van der Waals surface area (Å²) in [4.78, 5) is 11.2. The van der Waals surface area contributed by atoms with E-state index >= 15 is 0 Å². The molecule has 0 heterocycles. The van der Waals surface area contributed by atoms with Crippen molar-refractivity contribution in [1.82, 2.24) is 0 Å². The Labute approximate surface area is 68.5 Å². The molecule has 1 rings (SSSR count). The molecule has 0 radical (unpaired) electrons. The van der Waals surface area contributed by atoms with Crippen LogP contribution in [0.1, 0.15) is 33.1 Å². The van der Waals surface area contributed by atoms with Gasteiger partial charge in [-0.05, 0) is 17.8 Å². The fourth-order valence-electron chi connectivity index (χ4n) is 2.01. The molecule has 1 nitrogen and oxygen atoms in total. The van der Waals surface area contributed by atoms with Crippen LogP contribution in [0.2, 0.25) is 0 Å². The zero-order chi connectivity index (χ0) is 8.48. The van der Waals surface area contributed by atoms with Crippen molar-refractivity contribution in [3.63, 3.8) is 0 Å². The number of allylic oxidation sites excluding steroid dienone is 1. The zero-order valence-electron chi connectivity index (χ0n) is 7.39. The van der Waals surface area contributed by atoms with Gasteiger partial charge in [-0.15, -0.1) is 6.58 Å². The summed E-state index contributed by atoms with van der Waals surface area (Å²) in [7, 11) is 0. The number of hydrogen-bond donors (Lipinski definition) is 0. The molecule has 0 saturated heterocycles. The molecule has 2 atom stereocenters. The van der Waals surface area contributed by atoms with E-state index < -0.39 is 0 Å². The average Bonchev–Trinajstić information content (AvgIpc) is 1.84. The van der Waals surface area contributed by atoms with E-state index in [1.165, 1.54) is 0 Å². The van der Waals surface area contributed by atoms with Crippen molar-refractivity contribution >= 4 is 5.78 Å². The van der Waals surface area contributed by atoms with Gasteiger partial charge in [0.2, 0.25) is 0 Å². The van der Waals surface area contributed by atoms with Crippen LogP contribution in [0.15, 0.2) is 12.7 Å². The number of carbonyl (C=O) groups is 1. The van der Waals surface area contributed by atoms with E-state index in [1.807, 2.05) is 6.08 Å². The van der Waals surface area contributed by atoms with Gasteiger partial charge >= 0.3 is 0 Å². The van der Waals surface area contributed by atoms with E-state index in [4.69, 9.17) is 0 Å². The third kappa shape index (κ3) is 1.92. The lowest BCUT2D eigenvalue weighted by Crippen LogP contribution is -2.28. The highest BCUT2D eigenvalue weighted by molar-refractivity contribution is 5.80. The Kier molecular flexibility index (Phi) is 2.17. The summed E-state index contributed by atoms with van der Waals surface area (Å²) >= 11 is 0. The SMILES string of the molecule is C=CC1(C)CC(=O)CC(C)C1. The summed E-state index contributed by atoms with van der Waals surface area (Å²) in [5.41, 5.74) is 0.0781. The van der Waals surface area contributed by atoms with Crippen molar-refractivity contribution in [3.05, 3.63) is 12.7 Å². The molecule has 1 aliphatic rings. The van der Waals surface area contributed by atoms with E-state index in [1.54, 1.807) is 0 Å². The topological polar surface area (TPSA) is 17.1 Å². The second-order valence-electron chi connectivity index (χ2n) is 4.09. The molecule has 0 bridgehead atoms. The Hall–Kier alpha value is -0.590. The lowest BCUT2D eigenvalue weighted by atomic mass is 9.71. The van der Waals surface area contributed by atoms with Crippen LogP contribution in [-0.4, -0.2) is 5.78 Å². The third-order valence-corrected chi connectivity index (χ3v) is 2.48. The largest absolute Gasteiger partial charge is 0.300 e. The van der Waals surface area contributed by atoms with Gasteiger partial charge in [-0.25, -0.2) is 0 Å². The standard InChI is InChI=1S/C10H16O/c1-4-10(3)6-8(2)5-9(11)7-10/h4,8H,1,5-7H2,2-3H3. The average molecular weight is 152 g/mol. The minimum atomic E-state index is 0.0781. The van der Waals surface area contributed by atoms with Crippen LogP contribution in [0.25, 0.3) is 0 Å². The van der Waals surface area contributed by atoms with E-state index in [9.17, 15) is 4.79 Å². The molecule has 2 unspecified atom stereocenters. The summed E-state index contributed by atoms with van der Waals surface area (Å²) in [5, 5.41) is 0. The Morgan fingerprint density at radius 1 is 1.73 bits per heavy atom. The molecular formula is C10H16O. The zero-order valence-corrected chi connectivity index (χ0v) is 7.39. The first-order valence-electron chi connectivity index (χ1n) is 4.21. The fourth-order valence-corrected chi connectivity index (χ4v) is 2.01. The molecule has 0 N–H and O–H groups in total. The summed E-state index contributed by atoms with van der Waals surface area (Å²) in [6, 6.07) is 0. The minimum Gasteiger partial charge on any atom is -0.300 e. The quantitative estimate of drug-likeness (QED) is 0.528. The van der Waals surface area contributed by atoms with Crippen LogP contribution in [0.5, 0.6) is 0 Å². The van der Waals surface area contributed by atoms with Gasteiger partial charge in [0.05, 0.1) is 0 Å². The molecular weight excluding hydrogens is 136 g/mol. The van der Waals surface area contributed by atoms with E-state index in [-0.39, 0.29) is 5.41 Å². The van der Waals surface area contributed by atoms with Gasteiger partial charge in [-0.1, -0.05) is 19.9 Å². The molecule has 0 aromatic rings. The summed E-state index contributed by atoms with van der Waals surface area (Å²) in [5.74, 6) is 0.936. The Bertz CT molecular complexity index is 183. The number of Topliss-reactive ketones (excluding diaryl/α,β-unsaturated/α-hetero) is 1. The van der Waals surface area contributed by atoms with Crippen molar-refractivity contribution < 1.29 is 4.79 Å². The van der Waals surface area contributed by atoms with Crippen LogP contribution in [0.3, 0.4) is 0 Å². The predicted molar refractivity (Wildman–Crippen MR) is 46.3 cm³/mol. The molecule has 62 valence electrons. The van der Waals surface area contributed by atoms with Gasteiger partial charge in [0, 0.05) is 12.8 Å². The summed E-state index contributed by atoms with van der Waals surface area (Å²) in [6.07, 6.45) is 4.51. The van der Waals surface area contributed by atoms with Gasteiger partial charge in [0.15, 0.2) is 0 Å². The molecule has 0 spiro atoms. The molecule has 0 aromatic carbocycles. The summed E-state index contributed by atoms with van der Waals surface area (Å²) in [6.45, 7) is 8.03. The van der Waals surface area contributed by atoms with Crippen molar-refractivity contribution in [2.75, 3.05) is 0 Å². The minimum absolute atomic E-state index is 0.0781. The maximum absolute atomic E-state index is 11.2. The third-order valence-electron chi connectivity index (χ3n) is 2.48. The van der Waals surface area contributed by atoms with Crippen molar-refractivity contribution in [3.8, 4) is 0 Å². The number of hydrogen-bond acceptors (Lipinski definition) is 1. The Morgan fingerprint density at radius 3 is 2.82 bits per heavy atom. The highest BCUT2D eigenvalue weighted by Gasteiger charge is 2.31. The van der Waals surface area contributed by atoms with Gasteiger partial charge in [-0.2, -0.15) is 0 Å². The first kappa shape index (κ1) is 8.51. The lowest BCUT2D eigenvalue weighted by Gasteiger charge is -2.33. The molecule has 11 heavy (non-hydrogen) atoms. The maximum atomic E-state index is 11.2. The van der Waals surface area contributed by atoms with Crippen LogP contribution < -0.4 is 0 Å². The monoisotopic (exact) mass is 152 g/mol. The first-order chi connectivity index (χ1) is 5.06. The van der Waals surface area contributed by atoms with Crippen molar-refractivity contribution in [2.45, 2.75) is 33.1 Å². The molecule has 1 fully saturated rings. The molecule has 1 saturated carbocycles. The molecule has 1 heteroatoms. The van der Waals surface area contributed by atoms with E-state index in [0.717, 1.165) is 12.8 Å². The maximum Gasteiger partial charge on any atom is 0.134 e. The van der Waals surface area contributed by atoms with E-state index in [2.05, 4.69) is 20.4 Å². The second-order valence-corrected chi connectivity index (χ2v) is 4.09. The van der Waals surface area contributed by atoms with Gasteiger partial charge in [0.25, 0.3) is 0 Å². The van der Waals surface area contributed by atoms with E-state index in [0.29, 0.717) is 18.1 Å². The number of rotatable bonds is 1. The molecule has 1 aliphatic carbocycles. The smallest absolute Gasteiger partial charge is 0.134 e. The lowest BCUT2D eigenvalue weighted by molar-refractivity contribution is -0.123. The molecule has 0 amide bonds. The highest BCUT2D eigenvalue weighted by atomic mass is 16.1. The van der Waals surface area contributed by atoms with Gasteiger partial charge < -0.3 is 0 Å². The van der Waals surface area contributed by atoms with Crippen LogP contribution in [-0.2, 0) is 4.79 Å². The van der Waals surface area contributed by atoms with Crippen LogP contribution >= 0.6 is 0 Å². The fraction of sp³-hybridized carbons (Fsp3) is 0.700. The van der Waals surface area contributed by atoms with Crippen molar-refractivity contribution in [2.24, 2.45) is 11.3 Å². The van der Waals surface area contributed by atoms with Crippen LogP contribution in [0, 0.1) is 11.3 Å². The number of ketones is 1. The molecule has 0 aromatic heterocycles. The predicted octanol–water partition coefficient (Wildman–Crippen LogP) is 2.57. The van der Waals surface area contributed by atoms with Crippen molar-refractivity contribution in [1.29, 1.82) is 0 Å². The van der Waals surface area contributed by atoms with Gasteiger partial charge in [0.1, 0.15) is 5.78 Å². The number of carbonyl (C=O) groups excluding carboxylic acids is 1. The summed E-state index contributed by atoms with van der Waals surface area (Å²) < 4.78 is 0. The van der Waals surface area contributed by atoms with Crippen LogP contribution in [0.4, 0.5) is 0 Å². The van der Waals surface area contributed by atoms with Gasteiger partial charge in [-0.3, -0.25) is 4.79 Å². The second kappa shape index (κ2) is 2.80. The first-order valence-corrected chi connectivity index (χ1v) is 4.21. The normalized spacial score (nSPS) is 38.7. The molecule has 0 aliphatic heterocycles. The Morgan fingerprint density at radius 2 is 2.36 bits per heavy atom.